The summed E-state index contributed by atoms with van der Waals surface area (Å²) in [6, 6.07) is 28.7. The van der Waals surface area contributed by atoms with E-state index in [9.17, 15) is 9.59 Å². The van der Waals surface area contributed by atoms with Gasteiger partial charge in [-0.25, -0.2) is 0 Å². The lowest BCUT2D eigenvalue weighted by molar-refractivity contribution is -0.132. The zero-order chi connectivity index (χ0) is 17.2. The molecule has 0 radical (unpaired) electrons. The largest absolute Gasteiger partial charge is 0.289 e. The summed E-state index contributed by atoms with van der Waals surface area (Å²) in [6.45, 7) is 0. The fourth-order valence-electron chi connectivity index (χ4n) is 3.44. The minimum Gasteiger partial charge on any atom is -0.289 e. The van der Waals surface area contributed by atoms with Crippen LogP contribution in [-0.2, 0) is 9.59 Å². The van der Waals surface area contributed by atoms with Gasteiger partial charge in [0, 0.05) is 5.57 Å². The van der Waals surface area contributed by atoms with E-state index >= 15 is 0 Å². The molecule has 0 aromatic heterocycles. The van der Waals surface area contributed by atoms with Gasteiger partial charge in [0.25, 0.3) is 0 Å². The van der Waals surface area contributed by atoms with Crippen molar-refractivity contribution in [2.45, 2.75) is 5.92 Å². The van der Waals surface area contributed by atoms with Crippen LogP contribution < -0.4 is 0 Å². The molecule has 2 heteroatoms. The van der Waals surface area contributed by atoms with Crippen molar-refractivity contribution in [2.24, 2.45) is 0 Å². The van der Waals surface area contributed by atoms with E-state index in [2.05, 4.69) is 0 Å². The lowest BCUT2D eigenvalue weighted by atomic mass is 9.86. The number of Topliss-reactive ketones (excluding diaryl/α,β-unsaturated/α-hetero) is 2. The molecule has 0 amide bonds. The molecule has 120 valence electrons. The Morgan fingerprint density at radius 2 is 1.04 bits per heavy atom. The van der Waals surface area contributed by atoms with E-state index < -0.39 is 11.7 Å². The van der Waals surface area contributed by atoms with Crippen molar-refractivity contribution in [3.63, 3.8) is 0 Å². The Bertz CT molecular complexity index is 955. The van der Waals surface area contributed by atoms with E-state index in [4.69, 9.17) is 0 Å². The lowest BCUT2D eigenvalue weighted by Gasteiger charge is -2.15. The quantitative estimate of drug-likeness (QED) is 0.663. The maximum atomic E-state index is 12.9. The molecular weight excluding hydrogens is 308 g/mol. The first-order chi connectivity index (χ1) is 12.3. The molecule has 0 fully saturated rings. The van der Waals surface area contributed by atoms with Gasteiger partial charge in [-0.3, -0.25) is 9.59 Å². The molecule has 1 unspecified atom stereocenters. The van der Waals surface area contributed by atoms with Crippen LogP contribution in [0.25, 0.3) is 11.1 Å². The van der Waals surface area contributed by atoms with E-state index in [0.717, 1.165) is 22.3 Å². The van der Waals surface area contributed by atoms with Crippen molar-refractivity contribution in [3.05, 3.63) is 108 Å². The van der Waals surface area contributed by atoms with Crippen molar-refractivity contribution in [1.29, 1.82) is 0 Å². The van der Waals surface area contributed by atoms with E-state index in [1.807, 2.05) is 91.0 Å². The molecule has 0 spiro atoms. The van der Waals surface area contributed by atoms with Crippen LogP contribution in [0.4, 0.5) is 0 Å². The molecule has 0 aliphatic heterocycles. The van der Waals surface area contributed by atoms with Crippen LogP contribution >= 0.6 is 0 Å². The molecule has 4 rings (SSSR count). The van der Waals surface area contributed by atoms with E-state index in [0.29, 0.717) is 5.57 Å². The van der Waals surface area contributed by atoms with Crippen LogP contribution in [0.15, 0.2) is 91.0 Å². The minimum absolute atomic E-state index is 0.357. The second kappa shape index (κ2) is 6.33. The highest BCUT2D eigenvalue weighted by molar-refractivity contribution is 6.63. The fraction of sp³-hybridized carbons (Fsp3) is 0.0435. The molecule has 3 aromatic carbocycles. The first-order valence-corrected chi connectivity index (χ1v) is 8.26. The van der Waals surface area contributed by atoms with Crippen LogP contribution in [0.5, 0.6) is 0 Å². The van der Waals surface area contributed by atoms with Gasteiger partial charge in [0.1, 0.15) is 0 Å². The summed E-state index contributed by atoms with van der Waals surface area (Å²) in [5.74, 6) is -1.31. The van der Waals surface area contributed by atoms with Gasteiger partial charge in [-0.15, -0.1) is 0 Å². The first kappa shape index (κ1) is 15.3. The van der Waals surface area contributed by atoms with Gasteiger partial charge in [-0.1, -0.05) is 91.0 Å². The summed E-state index contributed by atoms with van der Waals surface area (Å²) < 4.78 is 0. The van der Waals surface area contributed by atoms with Crippen LogP contribution in [0, 0.1) is 0 Å². The Morgan fingerprint density at radius 3 is 1.60 bits per heavy atom. The van der Waals surface area contributed by atoms with Gasteiger partial charge in [-0.2, -0.15) is 0 Å². The molecule has 25 heavy (non-hydrogen) atoms. The van der Waals surface area contributed by atoms with E-state index in [1.165, 1.54) is 0 Å². The molecule has 0 saturated heterocycles. The van der Waals surface area contributed by atoms with Crippen molar-refractivity contribution < 1.29 is 9.59 Å². The Kier molecular flexibility index (Phi) is 3.87. The number of ketones is 2. The van der Waals surface area contributed by atoms with Gasteiger partial charge >= 0.3 is 0 Å². The third-order valence-electron chi connectivity index (χ3n) is 4.55. The third-order valence-corrected chi connectivity index (χ3v) is 4.55. The van der Waals surface area contributed by atoms with Gasteiger partial charge in [0.2, 0.25) is 11.6 Å². The zero-order valence-corrected chi connectivity index (χ0v) is 13.6. The van der Waals surface area contributed by atoms with Crippen molar-refractivity contribution in [1.82, 2.24) is 0 Å². The van der Waals surface area contributed by atoms with Gasteiger partial charge in [0.05, 0.1) is 5.92 Å². The average molecular weight is 324 g/mol. The van der Waals surface area contributed by atoms with Crippen LogP contribution in [0.2, 0.25) is 0 Å². The average Bonchev–Trinajstić information content (AvgIpc) is 2.95. The number of carbonyl (C=O) groups is 2. The van der Waals surface area contributed by atoms with E-state index in [-0.39, 0.29) is 5.78 Å². The number of rotatable bonds is 3. The summed E-state index contributed by atoms with van der Waals surface area (Å²) in [5.41, 5.74) is 3.87. The third kappa shape index (κ3) is 2.62. The molecule has 0 saturated carbocycles. The van der Waals surface area contributed by atoms with Crippen LogP contribution in [-0.4, -0.2) is 11.6 Å². The zero-order valence-electron chi connectivity index (χ0n) is 13.6. The fourth-order valence-corrected chi connectivity index (χ4v) is 3.44. The van der Waals surface area contributed by atoms with Crippen molar-refractivity contribution >= 4 is 22.7 Å². The maximum Gasteiger partial charge on any atom is 0.230 e. The van der Waals surface area contributed by atoms with Gasteiger partial charge < -0.3 is 0 Å². The molecular formula is C23H16O2. The molecule has 1 aliphatic carbocycles. The second-order valence-electron chi connectivity index (χ2n) is 6.06. The minimum atomic E-state index is -0.550. The predicted molar refractivity (Wildman–Crippen MR) is 98.9 cm³/mol. The number of hydrogen-bond donors (Lipinski definition) is 0. The highest BCUT2D eigenvalue weighted by Crippen LogP contribution is 2.44. The summed E-state index contributed by atoms with van der Waals surface area (Å²) in [7, 11) is 0. The smallest absolute Gasteiger partial charge is 0.230 e. The standard InChI is InChI=1S/C23H16O2/c24-22-20(17-12-6-2-7-13-17)19(16-10-4-1-5-11-16)21(23(22)25)18-14-8-3-9-15-18/h1-15,20H. The van der Waals surface area contributed by atoms with Crippen molar-refractivity contribution in [3.8, 4) is 0 Å². The number of hydrogen-bond acceptors (Lipinski definition) is 2. The topological polar surface area (TPSA) is 34.1 Å². The van der Waals surface area contributed by atoms with Crippen LogP contribution in [0.3, 0.4) is 0 Å². The molecule has 1 atom stereocenters. The van der Waals surface area contributed by atoms with E-state index in [1.54, 1.807) is 0 Å². The Morgan fingerprint density at radius 1 is 0.560 bits per heavy atom. The summed E-state index contributed by atoms with van der Waals surface area (Å²) in [4.78, 5) is 25.7. The predicted octanol–water partition coefficient (Wildman–Crippen LogP) is 4.53. The Labute approximate surface area is 146 Å². The molecule has 3 aromatic rings. The summed E-state index contributed by atoms with van der Waals surface area (Å²) in [6.07, 6.45) is 0. The monoisotopic (exact) mass is 324 g/mol. The molecule has 0 N–H and O–H groups in total. The second-order valence-corrected chi connectivity index (χ2v) is 6.06. The van der Waals surface area contributed by atoms with Gasteiger partial charge in [-0.05, 0) is 22.3 Å². The Hall–Kier alpha value is -3.26. The van der Waals surface area contributed by atoms with Crippen LogP contribution in [0.1, 0.15) is 22.6 Å². The first-order valence-electron chi connectivity index (χ1n) is 8.26. The Balaban J connectivity index is 2.00. The lowest BCUT2D eigenvalue weighted by Crippen LogP contribution is -2.15. The molecule has 2 nitrogen and oxygen atoms in total. The van der Waals surface area contributed by atoms with Crippen molar-refractivity contribution in [2.75, 3.05) is 0 Å². The highest BCUT2D eigenvalue weighted by Gasteiger charge is 2.42. The maximum absolute atomic E-state index is 12.9. The normalized spacial score (nSPS) is 17.2. The molecule has 1 aliphatic rings. The summed E-state index contributed by atoms with van der Waals surface area (Å²) >= 11 is 0. The number of benzene rings is 3. The highest BCUT2D eigenvalue weighted by atomic mass is 16.2. The molecule has 0 bridgehead atoms. The van der Waals surface area contributed by atoms with Gasteiger partial charge in [0.15, 0.2) is 0 Å². The summed E-state index contributed by atoms with van der Waals surface area (Å²) in [5, 5.41) is 0. The number of carbonyl (C=O) groups excluding carboxylic acids is 2. The SMILES string of the molecule is O=C1C(=O)C(c2ccccc2)C(c2ccccc2)=C1c1ccccc1. The number of allylic oxidation sites excluding steroid dienone is 2. The molecule has 0 heterocycles.